The first-order valence-corrected chi connectivity index (χ1v) is 7.46. The molecule has 6 nitrogen and oxygen atoms in total. The maximum Gasteiger partial charge on any atom is 0.273 e. The minimum absolute atomic E-state index is 0.153. The van der Waals surface area contributed by atoms with Crippen LogP contribution in [0.5, 0.6) is 0 Å². The molecule has 1 heterocycles. The van der Waals surface area contributed by atoms with Crippen LogP contribution in [0.4, 0.5) is 0 Å². The van der Waals surface area contributed by atoms with Gasteiger partial charge in [0, 0.05) is 20.0 Å². The van der Waals surface area contributed by atoms with Gasteiger partial charge in [0.05, 0.1) is 0 Å². The summed E-state index contributed by atoms with van der Waals surface area (Å²) in [5.74, 6) is 0.440. The van der Waals surface area contributed by atoms with Crippen molar-refractivity contribution in [1.29, 1.82) is 0 Å². The number of carbonyl (C=O) groups is 2. The standard InChI is InChI=1S/C15H23N3O3/c1-10(15(20)18(2)3)16-13(19)12-9-21-14(17-12)11-7-5-4-6-8-11/h9-11H,4-8H2,1-3H3,(H,16,19). The maximum atomic E-state index is 12.1. The smallest absolute Gasteiger partial charge is 0.273 e. The molecule has 0 saturated heterocycles. The van der Waals surface area contributed by atoms with Crippen LogP contribution in [0, 0.1) is 0 Å². The molecule has 1 saturated carbocycles. The van der Waals surface area contributed by atoms with Gasteiger partial charge in [-0.25, -0.2) is 4.98 Å². The normalized spacial score (nSPS) is 17.3. The molecule has 1 aliphatic rings. The molecule has 21 heavy (non-hydrogen) atoms. The average Bonchev–Trinajstić information content (AvgIpc) is 2.97. The number of carbonyl (C=O) groups excluding carboxylic acids is 2. The van der Waals surface area contributed by atoms with Gasteiger partial charge in [0.1, 0.15) is 12.3 Å². The van der Waals surface area contributed by atoms with Crippen molar-refractivity contribution in [3.05, 3.63) is 17.8 Å². The summed E-state index contributed by atoms with van der Waals surface area (Å²) in [5, 5.41) is 2.64. The van der Waals surface area contributed by atoms with Gasteiger partial charge in [0.2, 0.25) is 5.91 Å². The second kappa shape index (κ2) is 6.74. The van der Waals surface area contributed by atoms with Crippen molar-refractivity contribution in [2.45, 2.75) is 51.0 Å². The Hall–Kier alpha value is -1.85. The fourth-order valence-electron chi connectivity index (χ4n) is 2.65. The number of oxazole rings is 1. The zero-order valence-electron chi connectivity index (χ0n) is 12.9. The van der Waals surface area contributed by atoms with E-state index in [1.807, 2.05) is 0 Å². The van der Waals surface area contributed by atoms with E-state index in [0.29, 0.717) is 11.8 Å². The van der Waals surface area contributed by atoms with Gasteiger partial charge in [-0.3, -0.25) is 9.59 Å². The van der Waals surface area contributed by atoms with Crippen molar-refractivity contribution in [2.24, 2.45) is 0 Å². The number of nitrogens with one attached hydrogen (secondary N) is 1. The van der Waals surface area contributed by atoms with E-state index in [4.69, 9.17) is 4.42 Å². The minimum Gasteiger partial charge on any atom is -0.448 e. The molecule has 116 valence electrons. The van der Waals surface area contributed by atoms with E-state index >= 15 is 0 Å². The van der Waals surface area contributed by atoms with Crippen LogP contribution in [0.25, 0.3) is 0 Å². The molecule has 0 aromatic carbocycles. The summed E-state index contributed by atoms with van der Waals surface area (Å²) in [6, 6.07) is -0.581. The van der Waals surface area contributed by atoms with Crippen LogP contribution in [0.1, 0.15) is 61.3 Å². The van der Waals surface area contributed by atoms with Gasteiger partial charge in [-0.15, -0.1) is 0 Å². The Balaban J connectivity index is 1.97. The summed E-state index contributed by atoms with van der Waals surface area (Å²) in [6.07, 6.45) is 7.14. The van der Waals surface area contributed by atoms with Gasteiger partial charge in [-0.2, -0.15) is 0 Å². The maximum absolute atomic E-state index is 12.1. The molecule has 1 atom stereocenters. The lowest BCUT2D eigenvalue weighted by atomic mass is 9.89. The van der Waals surface area contributed by atoms with Crippen molar-refractivity contribution in [3.8, 4) is 0 Å². The van der Waals surface area contributed by atoms with Crippen molar-refractivity contribution in [2.75, 3.05) is 14.1 Å². The largest absolute Gasteiger partial charge is 0.448 e. The number of hydrogen-bond acceptors (Lipinski definition) is 4. The first-order valence-electron chi connectivity index (χ1n) is 7.46. The zero-order chi connectivity index (χ0) is 15.4. The van der Waals surface area contributed by atoms with Crippen LogP contribution in [0.15, 0.2) is 10.7 Å². The molecule has 1 fully saturated rings. The third kappa shape index (κ3) is 3.83. The Morgan fingerprint density at radius 1 is 1.33 bits per heavy atom. The van der Waals surface area contributed by atoms with Crippen molar-refractivity contribution in [1.82, 2.24) is 15.2 Å². The Morgan fingerprint density at radius 3 is 2.62 bits per heavy atom. The number of aromatic nitrogens is 1. The van der Waals surface area contributed by atoms with Gasteiger partial charge in [0.25, 0.3) is 5.91 Å². The van der Waals surface area contributed by atoms with Crippen LogP contribution in [-0.2, 0) is 4.79 Å². The summed E-state index contributed by atoms with van der Waals surface area (Å²) in [5.41, 5.74) is 0.244. The molecule has 1 aliphatic carbocycles. The fourth-order valence-corrected chi connectivity index (χ4v) is 2.65. The average molecular weight is 293 g/mol. The molecule has 1 N–H and O–H groups in total. The monoisotopic (exact) mass is 293 g/mol. The molecule has 1 aromatic rings. The summed E-state index contributed by atoms with van der Waals surface area (Å²) in [6.45, 7) is 1.66. The molecule has 2 amide bonds. The highest BCUT2D eigenvalue weighted by atomic mass is 16.3. The van der Waals surface area contributed by atoms with Crippen LogP contribution in [0.3, 0.4) is 0 Å². The quantitative estimate of drug-likeness (QED) is 0.920. The number of amides is 2. The third-order valence-corrected chi connectivity index (χ3v) is 3.87. The van der Waals surface area contributed by atoms with Crippen LogP contribution >= 0.6 is 0 Å². The minimum atomic E-state index is -0.581. The van der Waals surface area contributed by atoms with Crippen molar-refractivity contribution >= 4 is 11.8 Å². The molecule has 1 unspecified atom stereocenters. The van der Waals surface area contributed by atoms with Gasteiger partial charge in [0.15, 0.2) is 11.6 Å². The third-order valence-electron chi connectivity index (χ3n) is 3.87. The lowest BCUT2D eigenvalue weighted by molar-refractivity contribution is -0.130. The van der Waals surface area contributed by atoms with E-state index in [0.717, 1.165) is 12.8 Å². The molecule has 0 radical (unpaired) electrons. The predicted molar refractivity (Wildman–Crippen MR) is 78.0 cm³/mol. The van der Waals surface area contributed by atoms with E-state index in [1.54, 1.807) is 21.0 Å². The lowest BCUT2D eigenvalue weighted by Gasteiger charge is -2.18. The highest BCUT2D eigenvalue weighted by molar-refractivity contribution is 5.95. The second-order valence-corrected chi connectivity index (χ2v) is 5.83. The Morgan fingerprint density at radius 2 is 2.00 bits per heavy atom. The highest BCUT2D eigenvalue weighted by Gasteiger charge is 2.24. The van der Waals surface area contributed by atoms with Gasteiger partial charge in [-0.1, -0.05) is 19.3 Å². The summed E-state index contributed by atoms with van der Waals surface area (Å²) >= 11 is 0. The van der Waals surface area contributed by atoms with Crippen LogP contribution in [-0.4, -0.2) is 41.8 Å². The highest BCUT2D eigenvalue weighted by Crippen LogP contribution is 2.31. The molecule has 0 spiro atoms. The number of likely N-dealkylation sites (N-methyl/N-ethyl adjacent to an activating group) is 1. The van der Waals surface area contributed by atoms with Crippen molar-refractivity contribution in [3.63, 3.8) is 0 Å². The van der Waals surface area contributed by atoms with E-state index in [-0.39, 0.29) is 17.5 Å². The van der Waals surface area contributed by atoms with E-state index in [1.165, 1.54) is 30.4 Å². The molecular weight excluding hydrogens is 270 g/mol. The van der Waals surface area contributed by atoms with Crippen LogP contribution in [0.2, 0.25) is 0 Å². The molecular formula is C15H23N3O3. The lowest BCUT2D eigenvalue weighted by Crippen LogP contribution is -2.44. The van der Waals surface area contributed by atoms with Crippen LogP contribution < -0.4 is 5.32 Å². The molecule has 1 aromatic heterocycles. The zero-order valence-corrected chi connectivity index (χ0v) is 12.9. The van der Waals surface area contributed by atoms with E-state index in [2.05, 4.69) is 10.3 Å². The van der Waals surface area contributed by atoms with Gasteiger partial charge in [-0.05, 0) is 19.8 Å². The molecule has 6 heteroatoms. The number of hydrogen-bond donors (Lipinski definition) is 1. The van der Waals surface area contributed by atoms with Gasteiger partial charge >= 0.3 is 0 Å². The fraction of sp³-hybridized carbons (Fsp3) is 0.667. The van der Waals surface area contributed by atoms with Crippen molar-refractivity contribution < 1.29 is 14.0 Å². The Bertz CT molecular complexity index is 504. The van der Waals surface area contributed by atoms with E-state index in [9.17, 15) is 9.59 Å². The molecule has 2 rings (SSSR count). The predicted octanol–water partition coefficient (Wildman–Crippen LogP) is 1.93. The first kappa shape index (κ1) is 15.5. The summed E-state index contributed by atoms with van der Waals surface area (Å²) in [7, 11) is 3.31. The number of nitrogens with zero attached hydrogens (tertiary/aromatic N) is 2. The molecule has 0 bridgehead atoms. The second-order valence-electron chi connectivity index (χ2n) is 5.83. The first-order chi connectivity index (χ1) is 9.99. The summed E-state index contributed by atoms with van der Waals surface area (Å²) < 4.78 is 5.45. The summed E-state index contributed by atoms with van der Waals surface area (Å²) in [4.78, 5) is 29.5. The Labute approximate surface area is 124 Å². The van der Waals surface area contributed by atoms with Gasteiger partial charge < -0.3 is 14.6 Å². The Kier molecular flexibility index (Phi) is 4.98. The molecule has 0 aliphatic heterocycles. The SMILES string of the molecule is CC(NC(=O)c1coc(C2CCCCC2)n1)C(=O)N(C)C. The van der Waals surface area contributed by atoms with E-state index < -0.39 is 6.04 Å². The number of rotatable bonds is 4. The topological polar surface area (TPSA) is 75.4 Å².